The largest absolute Gasteiger partial charge is 0.494 e. The van der Waals surface area contributed by atoms with Gasteiger partial charge in [0.2, 0.25) is 5.91 Å². The van der Waals surface area contributed by atoms with Crippen molar-refractivity contribution in [3.63, 3.8) is 0 Å². The maximum Gasteiger partial charge on any atom is 0.220 e. The molecule has 0 spiro atoms. The minimum Gasteiger partial charge on any atom is -0.494 e. The molecular formula is C16H26N2O2. The topological polar surface area (TPSA) is 64.3 Å². The van der Waals surface area contributed by atoms with Crippen molar-refractivity contribution in [3.05, 3.63) is 29.3 Å². The number of amides is 1. The highest BCUT2D eigenvalue weighted by molar-refractivity contribution is 5.75. The third kappa shape index (κ3) is 6.57. The van der Waals surface area contributed by atoms with E-state index < -0.39 is 0 Å². The van der Waals surface area contributed by atoms with E-state index in [0.717, 1.165) is 5.75 Å². The van der Waals surface area contributed by atoms with Crippen molar-refractivity contribution >= 4 is 5.91 Å². The molecule has 4 nitrogen and oxygen atoms in total. The number of rotatable bonds is 7. The van der Waals surface area contributed by atoms with Crippen molar-refractivity contribution in [1.29, 1.82) is 0 Å². The minimum absolute atomic E-state index is 0.0206. The van der Waals surface area contributed by atoms with Crippen LogP contribution < -0.4 is 15.8 Å². The normalized spacial score (nSPS) is 11.2. The molecule has 0 unspecified atom stereocenters. The molecule has 0 heterocycles. The van der Waals surface area contributed by atoms with Crippen LogP contribution in [0.2, 0.25) is 0 Å². The summed E-state index contributed by atoms with van der Waals surface area (Å²) in [4.78, 5) is 11.6. The molecule has 0 atom stereocenters. The number of hydrogen-bond acceptors (Lipinski definition) is 3. The lowest BCUT2D eigenvalue weighted by atomic mass is 10.1. The molecule has 4 heteroatoms. The summed E-state index contributed by atoms with van der Waals surface area (Å²) in [5.41, 5.74) is 7.90. The molecule has 1 amide bonds. The Morgan fingerprint density at radius 2 is 2.00 bits per heavy atom. The quantitative estimate of drug-likeness (QED) is 0.752. The van der Waals surface area contributed by atoms with Gasteiger partial charge in [-0.05, 0) is 57.4 Å². The molecule has 112 valence electrons. The Morgan fingerprint density at radius 3 is 2.60 bits per heavy atom. The highest BCUT2D eigenvalue weighted by atomic mass is 16.5. The zero-order valence-electron chi connectivity index (χ0n) is 13.0. The summed E-state index contributed by atoms with van der Waals surface area (Å²) in [5.74, 6) is 0.879. The first kappa shape index (κ1) is 16.5. The second-order valence-corrected chi connectivity index (χ2v) is 5.96. The van der Waals surface area contributed by atoms with Crippen LogP contribution in [0.5, 0.6) is 5.75 Å². The second kappa shape index (κ2) is 7.29. The van der Waals surface area contributed by atoms with Crippen molar-refractivity contribution in [2.24, 2.45) is 5.73 Å². The Bertz CT molecular complexity index is 450. The molecule has 0 bridgehead atoms. The van der Waals surface area contributed by atoms with Gasteiger partial charge in [-0.1, -0.05) is 6.07 Å². The average molecular weight is 278 g/mol. The van der Waals surface area contributed by atoms with Crippen LogP contribution in [0, 0.1) is 13.8 Å². The van der Waals surface area contributed by atoms with Crippen LogP contribution in [-0.2, 0) is 4.79 Å². The summed E-state index contributed by atoms with van der Waals surface area (Å²) in [6, 6.07) is 6.02. The molecule has 1 aromatic rings. The van der Waals surface area contributed by atoms with E-state index in [0.29, 0.717) is 26.0 Å². The van der Waals surface area contributed by atoms with Crippen LogP contribution in [-0.4, -0.2) is 24.6 Å². The van der Waals surface area contributed by atoms with Crippen molar-refractivity contribution in [3.8, 4) is 5.75 Å². The van der Waals surface area contributed by atoms with Gasteiger partial charge in [0.15, 0.2) is 0 Å². The number of hydrogen-bond donors (Lipinski definition) is 2. The van der Waals surface area contributed by atoms with Crippen LogP contribution in [0.3, 0.4) is 0 Å². The minimum atomic E-state index is -0.369. The van der Waals surface area contributed by atoms with E-state index in [4.69, 9.17) is 10.5 Å². The third-order valence-electron chi connectivity index (χ3n) is 3.04. The lowest BCUT2D eigenvalue weighted by Gasteiger charge is -2.18. The molecule has 0 saturated carbocycles. The fourth-order valence-electron chi connectivity index (χ4n) is 1.64. The van der Waals surface area contributed by atoms with Gasteiger partial charge in [-0.15, -0.1) is 0 Å². The predicted octanol–water partition coefficient (Wildman–Crippen LogP) is 2.32. The monoisotopic (exact) mass is 278 g/mol. The van der Waals surface area contributed by atoms with Crippen molar-refractivity contribution in [2.75, 3.05) is 13.2 Å². The number of benzene rings is 1. The molecule has 3 N–H and O–H groups in total. The Balaban J connectivity index is 2.21. The fraction of sp³-hybridized carbons (Fsp3) is 0.562. The number of nitrogens with two attached hydrogens (primary N) is 1. The van der Waals surface area contributed by atoms with Crippen LogP contribution in [0.25, 0.3) is 0 Å². The summed E-state index contributed by atoms with van der Waals surface area (Å²) in [6.07, 6.45) is 1.16. The zero-order valence-corrected chi connectivity index (χ0v) is 13.0. The third-order valence-corrected chi connectivity index (χ3v) is 3.04. The van der Waals surface area contributed by atoms with Crippen molar-refractivity contribution in [2.45, 2.75) is 46.1 Å². The molecule has 20 heavy (non-hydrogen) atoms. The summed E-state index contributed by atoms with van der Waals surface area (Å²) < 4.78 is 5.63. The van der Waals surface area contributed by atoms with Crippen LogP contribution >= 0.6 is 0 Å². The SMILES string of the molecule is Cc1ccc(OCCCC(=O)NCC(C)(C)N)cc1C. The molecule has 1 aromatic carbocycles. The molecule has 0 fully saturated rings. The average Bonchev–Trinajstić information content (AvgIpc) is 2.35. The fourth-order valence-corrected chi connectivity index (χ4v) is 1.64. The smallest absolute Gasteiger partial charge is 0.220 e. The molecule has 0 aromatic heterocycles. The highest BCUT2D eigenvalue weighted by Crippen LogP contribution is 2.16. The molecule has 0 aliphatic carbocycles. The van der Waals surface area contributed by atoms with Gasteiger partial charge < -0.3 is 15.8 Å². The van der Waals surface area contributed by atoms with Gasteiger partial charge in [0.25, 0.3) is 0 Å². The molecule has 0 radical (unpaired) electrons. The number of nitrogens with one attached hydrogen (secondary N) is 1. The highest BCUT2D eigenvalue weighted by Gasteiger charge is 2.11. The van der Waals surface area contributed by atoms with E-state index >= 15 is 0 Å². The lowest BCUT2D eigenvalue weighted by Crippen LogP contribution is -2.45. The number of ether oxygens (including phenoxy) is 1. The second-order valence-electron chi connectivity index (χ2n) is 5.96. The van der Waals surface area contributed by atoms with Crippen LogP contribution in [0.1, 0.15) is 37.8 Å². The Kier molecular flexibility index (Phi) is 6.02. The van der Waals surface area contributed by atoms with E-state index in [1.807, 2.05) is 32.0 Å². The van der Waals surface area contributed by atoms with Crippen LogP contribution in [0.15, 0.2) is 18.2 Å². The molecule has 0 aliphatic rings. The lowest BCUT2D eigenvalue weighted by molar-refractivity contribution is -0.121. The van der Waals surface area contributed by atoms with Gasteiger partial charge >= 0.3 is 0 Å². The molecule has 1 rings (SSSR count). The van der Waals surface area contributed by atoms with E-state index in [9.17, 15) is 4.79 Å². The summed E-state index contributed by atoms with van der Waals surface area (Å²) in [6.45, 7) is 8.94. The van der Waals surface area contributed by atoms with Crippen LogP contribution in [0.4, 0.5) is 0 Å². The first-order valence-corrected chi connectivity index (χ1v) is 7.03. The number of carbonyl (C=O) groups excluding carboxylic acids is 1. The first-order chi connectivity index (χ1) is 9.28. The summed E-state index contributed by atoms with van der Waals surface area (Å²) in [5, 5.41) is 2.82. The van der Waals surface area contributed by atoms with Gasteiger partial charge in [0.1, 0.15) is 5.75 Å². The zero-order chi connectivity index (χ0) is 15.2. The maximum absolute atomic E-state index is 11.6. The van der Waals surface area contributed by atoms with E-state index in [2.05, 4.69) is 19.2 Å². The van der Waals surface area contributed by atoms with E-state index in [1.165, 1.54) is 11.1 Å². The Morgan fingerprint density at radius 1 is 1.30 bits per heavy atom. The molecule has 0 aliphatic heterocycles. The number of aryl methyl sites for hydroxylation is 2. The van der Waals surface area contributed by atoms with Gasteiger partial charge in [-0.3, -0.25) is 4.79 Å². The van der Waals surface area contributed by atoms with Gasteiger partial charge in [-0.2, -0.15) is 0 Å². The summed E-state index contributed by atoms with van der Waals surface area (Å²) in [7, 11) is 0. The predicted molar refractivity (Wildman–Crippen MR) is 81.9 cm³/mol. The first-order valence-electron chi connectivity index (χ1n) is 7.03. The van der Waals surface area contributed by atoms with Gasteiger partial charge in [0.05, 0.1) is 6.61 Å². The Hall–Kier alpha value is -1.55. The standard InChI is InChI=1S/C16H26N2O2/c1-12-7-8-14(10-13(12)2)20-9-5-6-15(19)18-11-16(3,4)17/h7-8,10H,5-6,9,11,17H2,1-4H3,(H,18,19). The molecular weight excluding hydrogens is 252 g/mol. The van der Waals surface area contributed by atoms with E-state index in [-0.39, 0.29) is 11.4 Å². The van der Waals surface area contributed by atoms with Gasteiger partial charge in [-0.25, -0.2) is 0 Å². The number of carbonyl (C=O) groups is 1. The maximum atomic E-state index is 11.6. The Labute approximate surface area is 121 Å². The van der Waals surface area contributed by atoms with Gasteiger partial charge in [0, 0.05) is 18.5 Å². The summed E-state index contributed by atoms with van der Waals surface area (Å²) >= 11 is 0. The van der Waals surface area contributed by atoms with Crippen molar-refractivity contribution in [1.82, 2.24) is 5.32 Å². The van der Waals surface area contributed by atoms with Crippen molar-refractivity contribution < 1.29 is 9.53 Å². The van der Waals surface area contributed by atoms with E-state index in [1.54, 1.807) is 0 Å². The molecule has 0 saturated heterocycles.